The van der Waals surface area contributed by atoms with Crippen LogP contribution >= 0.6 is 0 Å². The number of hydrogen-bond acceptors (Lipinski definition) is 4. The van der Waals surface area contributed by atoms with Crippen molar-refractivity contribution in [1.82, 2.24) is 19.6 Å². The second-order valence-electron chi connectivity index (χ2n) is 5.78. The molecule has 0 atom stereocenters. The van der Waals surface area contributed by atoms with Gasteiger partial charge >= 0.3 is 0 Å². The summed E-state index contributed by atoms with van der Waals surface area (Å²) >= 11 is 0. The van der Waals surface area contributed by atoms with Gasteiger partial charge in [-0.2, -0.15) is 5.10 Å². The average molecular weight is 326 g/mol. The molecule has 0 spiro atoms. The first-order valence-corrected chi connectivity index (χ1v) is 8.16. The lowest BCUT2D eigenvalue weighted by molar-refractivity contribution is -0.127. The minimum atomic E-state index is 0.0195. The zero-order valence-electron chi connectivity index (χ0n) is 13.6. The van der Waals surface area contributed by atoms with Crippen LogP contribution in [0.3, 0.4) is 0 Å². The summed E-state index contributed by atoms with van der Waals surface area (Å²) in [5.74, 6) is 0.0195. The summed E-state index contributed by atoms with van der Waals surface area (Å²) in [6.07, 6.45) is 7.05. The summed E-state index contributed by atoms with van der Waals surface area (Å²) in [6, 6.07) is 9.86. The van der Waals surface area contributed by atoms with Crippen molar-refractivity contribution in [1.29, 1.82) is 0 Å². The van der Waals surface area contributed by atoms with Crippen LogP contribution in [-0.4, -0.2) is 69.9 Å². The van der Waals surface area contributed by atoms with Crippen molar-refractivity contribution in [3.63, 3.8) is 0 Å². The fourth-order valence-corrected chi connectivity index (χ4v) is 2.75. The van der Waals surface area contributed by atoms with Crippen molar-refractivity contribution in [3.05, 3.63) is 54.4 Å². The topological polar surface area (TPSA) is 61.6 Å². The third-order valence-electron chi connectivity index (χ3n) is 4.14. The maximum atomic E-state index is 12.3. The van der Waals surface area contributed by atoms with Gasteiger partial charge in [-0.15, -0.1) is 0 Å². The maximum Gasteiger partial charge on any atom is 0.246 e. The van der Waals surface area contributed by atoms with Crippen molar-refractivity contribution in [2.45, 2.75) is 0 Å². The van der Waals surface area contributed by atoms with Crippen LogP contribution in [0.25, 0.3) is 11.8 Å². The number of carbonyl (C=O) groups is 1. The predicted molar refractivity (Wildman–Crippen MR) is 92.7 cm³/mol. The molecule has 0 bridgehead atoms. The number of para-hydroxylation sites is 1. The molecule has 24 heavy (non-hydrogen) atoms. The molecule has 1 aliphatic heterocycles. The van der Waals surface area contributed by atoms with Gasteiger partial charge in [-0.05, 0) is 18.2 Å². The summed E-state index contributed by atoms with van der Waals surface area (Å²) in [5.41, 5.74) is 1.88. The molecule has 1 amide bonds. The third kappa shape index (κ3) is 4.10. The highest BCUT2D eigenvalue weighted by Crippen LogP contribution is 2.09. The molecule has 1 aromatic carbocycles. The molecule has 2 aromatic rings. The number of β-amino-alcohol motifs (C(OH)–C–C–N with tert-alkyl or cyclic N) is 1. The van der Waals surface area contributed by atoms with Crippen LogP contribution in [0.4, 0.5) is 0 Å². The van der Waals surface area contributed by atoms with Gasteiger partial charge in [-0.3, -0.25) is 9.69 Å². The molecule has 2 heterocycles. The van der Waals surface area contributed by atoms with Crippen LogP contribution in [0.5, 0.6) is 0 Å². The van der Waals surface area contributed by atoms with Gasteiger partial charge in [0.2, 0.25) is 5.91 Å². The van der Waals surface area contributed by atoms with E-state index in [0.29, 0.717) is 19.6 Å². The van der Waals surface area contributed by atoms with Crippen LogP contribution in [0.2, 0.25) is 0 Å². The lowest BCUT2D eigenvalue weighted by Crippen LogP contribution is -2.48. The van der Waals surface area contributed by atoms with E-state index < -0.39 is 0 Å². The molecule has 1 aromatic heterocycles. The van der Waals surface area contributed by atoms with Gasteiger partial charge in [0.15, 0.2) is 0 Å². The summed E-state index contributed by atoms with van der Waals surface area (Å²) in [5, 5.41) is 13.3. The van der Waals surface area contributed by atoms with Crippen LogP contribution in [-0.2, 0) is 4.79 Å². The number of amides is 1. The van der Waals surface area contributed by atoms with E-state index in [-0.39, 0.29) is 12.5 Å². The monoisotopic (exact) mass is 326 g/mol. The van der Waals surface area contributed by atoms with Crippen molar-refractivity contribution < 1.29 is 9.90 Å². The standard InChI is InChI=1S/C18H22N4O2/c23-13-12-20-8-10-21(11-9-20)18(24)7-6-16-14-19-22(15-16)17-4-2-1-3-5-17/h1-7,14-15,23H,8-13H2/b7-6+. The van der Waals surface area contributed by atoms with E-state index in [2.05, 4.69) is 10.00 Å². The predicted octanol–water partition coefficient (Wildman–Crippen LogP) is 1.02. The maximum absolute atomic E-state index is 12.3. The van der Waals surface area contributed by atoms with Crippen LogP contribution in [0.15, 0.2) is 48.8 Å². The lowest BCUT2D eigenvalue weighted by Gasteiger charge is -2.33. The third-order valence-corrected chi connectivity index (χ3v) is 4.14. The summed E-state index contributed by atoms with van der Waals surface area (Å²) < 4.78 is 1.79. The normalized spacial score (nSPS) is 16.0. The second-order valence-corrected chi connectivity index (χ2v) is 5.78. The number of nitrogens with zero attached hydrogens (tertiary/aromatic N) is 4. The van der Waals surface area contributed by atoms with Gasteiger partial charge < -0.3 is 10.0 Å². The first-order chi connectivity index (χ1) is 11.8. The number of hydrogen-bond donors (Lipinski definition) is 1. The number of carbonyl (C=O) groups excluding carboxylic acids is 1. The fraction of sp³-hybridized carbons (Fsp3) is 0.333. The Morgan fingerprint density at radius 2 is 1.92 bits per heavy atom. The highest BCUT2D eigenvalue weighted by Gasteiger charge is 2.18. The number of aromatic nitrogens is 2. The minimum absolute atomic E-state index is 0.0195. The molecule has 3 rings (SSSR count). The molecule has 0 unspecified atom stereocenters. The number of aliphatic hydroxyl groups excluding tert-OH is 1. The Labute approximate surface area is 141 Å². The van der Waals surface area contributed by atoms with Gasteiger partial charge in [0.1, 0.15) is 0 Å². The number of piperazine rings is 1. The van der Waals surface area contributed by atoms with E-state index in [4.69, 9.17) is 5.11 Å². The Bertz CT molecular complexity index is 688. The first kappa shape index (κ1) is 16.4. The molecule has 6 nitrogen and oxygen atoms in total. The Morgan fingerprint density at radius 1 is 1.17 bits per heavy atom. The summed E-state index contributed by atoms with van der Waals surface area (Å²) in [4.78, 5) is 16.3. The molecular weight excluding hydrogens is 304 g/mol. The summed E-state index contributed by atoms with van der Waals surface area (Å²) in [6.45, 7) is 3.87. The highest BCUT2D eigenvalue weighted by molar-refractivity contribution is 5.91. The Balaban J connectivity index is 1.56. The highest BCUT2D eigenvalue weighted by atomic mass is 16.3. The van der Waals surface area contributed by atoms with E-state index in [1.165, 1.54) is 0 Å². The Hall–Kier alpha value is -2.44. The number of aliphatic hydroxyl groups is 1. The largest absolute Gasteiger partial charge is 0.395 e. The van der Waals surface area contributed by atoms with E-state index in [0.717, 1.165) is 24.3 Å². The van der Waals surface area contributed by atoms with Gasteiger partial charge in [0.05, 0.1) is 18.5 Å². The van der Waals surface area contributed by atoms with Gasteiger partial charge in [0.25, 0.3) is 0 Å². The molecule has 1 aliphatic rings. The minimum Gasteiger partial charge on any atom is -0.395 e. The molecule has 0 aliphatic carbocycles. The van der Waals surface area contributed by atoms with Crippen molar-refractivity contribution in [3.8, 4) is 5.69 Å². The number of benzene rings is 1. The van der Waals surface area contributed by atoms with Crippen LogP contribution in [0.1, 0.15) is 5.56 Å². The average Bonchev–Trinajstić information content (AvgIpc) is 3.10. The summed E-state index contributed by atoms with van der Waals surface area (Å²) in [7, 11) is 0. The van der Waals surface area contributed by atoms with E-state index in [1.54, 1.807) is 23.0 Å². The molecule has 0 radical (unpaired) electrons. The van der Waals surface area contributed by atoms with E-state index in [9.17, 15) is 4.79 Å². The van der Waals surface area contributed by atoms with Gasteiger partial charge in [0, 0.05) is 50.6 Å². The van der Waals surface area contributed by atoms with Crippen molar-refractivity contribution >= 4 is 12.0 Å². The van der Waals surface area contributed by atoms with Gasteiger partial charge in [-0.25, -0.2) is 4.68 Å². The molecular formula is C18H22N4O2. The molecule has 1 saturated heterocycles. The SMILES string of the molecule is O=C(/C=C/c1cnn(-c2ccccc2)c1)N1CCN(CCO)CC1. The quantitative estimate of drug-likeness (QED) is 0.834. The van der Waals surface area contributed by atoms with Crippen LogP contribution in [0, 0.1) is 0 Å². The fourth-order valence-electron chi connectivity index (χ4n) is 2.75. The Morgan fingerprint density at radius 3 is 2.62 bits per heavy atom. The molecule has 6 heteroatoms. The molecule has 126 valence electrons. The Kier molecular flexibility index (Phi) is 5.40. The zero-order valence-corrected chi connectivity index (χ0v) is 13.6. The zero-order chi connectivity index (χ0) is 16.8. The lowest BCUT2D eigenvalue weighted by atomic mass is 10.2. The van der Waals surface area contributed by atoms with E-state index >= 15 is 0 Å². The van der Waals surface area contributed by atoms with Crippen molar-refractivity contribution in [2.24, 2.45) is 0 Å². The molecule has 1 N–H and O–H groups in total. The van der Waals surface area contributed by atoms with Crippen LogP contribution < -0.4 is 0 Å². The molecule has 1 fully saturated rings. The van der Waals surface area contributed by atoms with E-state index in [1.807, 2.05) is 41.4 Å². The smallest absolute Gasteiger partial charge is 0.246 e. The molecule has 0 saturated carbocycles. The number of rotatable bonds is 5. The second kappa shape index (κ2) is 7.90. The van der Waals surface area contributed by atoms with Crippen molar-refractivity contribution in [2.75, 3.05) is 39.3 Å². The first-order valence-electron chi connectivity index (χ1n) is 8.16. The van der Waals surface area contributed by atoms with Gasteiger partial charge in [-0.1, -0.05) is 18.2 Å².